The fourth-order valence-corrected chi connectivity index (χ4v) is 3.14. The molecule has 0 amide bonds. The molecule has 0 saturated carbocycles. The normalized spacial score (nSPS) is 16.1. The first-order valence-electron chi connectivity index (χ1n) is 9.53. The van der Waals surface area contributed by atoms with Crippen LogP contribution in [0.4, 0.5) is 0 Å². The molecule has 21 heavy (non-hydrogen) atoms. The molecule has 0 rings (SSSR count). The molecule has 0 aliphatic rings. The molecule has 1 radical (unpaired) electrons. The zero-order chi connectivity index (χ0) is 16.1. The first-order chi connectivity index (χ1) is 9.95. The van der Waals surface area contributed by atoms with Crippen molar-refractivity contribution in [2.75, 3.05) is 6.61 Å². The summed E-state index contributed by atoms with van der Waals surface area (Å²) in [4.78, 5) is 0. The molecule has 1 heteroatoms. The molecule has 0 fully saturated rings. The minimum Gasteiger partial charge on any atom is -0.237 e. The van der Waals surface area contributed by atoms with Gasteiger partial charge in [0.15, 0.2) is 0 Å². The maximum absolute atomic E-state index is 10.6. The highest BCUT2D eigenvalue weighted by Crippen LogP contribution is 2.22. The third-order valence-corrected chi connectivity index (χ3v) is 4.88. The Kier molecular flexibility index (Phi) is 13.6. The summed E-state index contributed by atoms with van der Waals surface area (Å²) >= 11 is 0. The molecular weight excluding hydrogens is 256 g/mol. The Morgan fingerprint density at radius 3 is 1.19 bits per heavy atom. The summed E-state index contributed by atoms with van der Waals surface area (Å²) in [7, 11) is 0. The molecule has 0 heterocycles. The van der Waals surface area contributed by atoms with Crippen molar-refractivity contribution in [3.05, 3.63) is 0 Å². The van der Waals surface area contributed by atoms with Crippen molar-refractivity contribution in [2.24, 2.45) is 23.7 Å². The third kappa shape index (κ3) is 14.7. The molecule has 3 atom stereocenters. The Morgan fingerprint density at radius 1 is 0.524 bits per heavy atom. The second-order valence-corrected chi connectivity index (χ2v) is 7.99. The SMILES string of the molecule is CC(C)CCCC(C)CCCC(C)CCCC(C)CC[O]. The quantitative estimate of drug-likeness (QED) is 0.333. The highest BCUT2D eigenvalue weighted by Gasteiger charge is 2.07. The van der Waals surface area contributed by atoms with Gasteiger partial charge in [-0.25, -0.2) is 5.11 Å². The van der Waals surface area contributed by atoms with Crippen LogP contribution < -0.4 is 0 Å². The maximum Gasteiger partial charge on any atom is 0.0824 e. The van der Waals surface area contributed by atoms with Crippen LogP contribution >= 0.6 is 0 Å². The fourth-order valence-electron chi connectivity index (χ4n) is 3.14. The van der Waals surface area contributed by atoms with Crippen LogP contribution in [-0.4, -0.2) is 6.61 Å². The van der Waals surface area contributed by atoms with Gasteiger partial charge in [-0.1, -0.05) is 92.4 Å². The van der Waals surface area contributed by atoms with E-state index in [0.717, 1.165) is 24.2 Å². The summed E-state index contributed by atoms with van der Waals surface area (Å²) in [5.74, 6) is 3.28. The predicted molar refractivity (Wildman–Crippen MR) is 94.1 cm³/mol. The van der Waals surface area contributed by atoms with Gasteiger partial charge >= 0.3 is 0 Å². The van der Waals surface area contributed by atoms with E-state index in [2.05, 4.69) is 34.6 Å². The van der Waals surface area contributed by atoms with Crippen LogP contribution in [0.1, 0.15) is 98.8 Å². The molecule has 0 aromatic heterocycles. The molecule has 0 aromatic carbocycles. The Labute approximate surface area is 134 Å². The Morgan fingerprint density at radius 2 is 0.857 bits per heavy atom. The highest BCUT2D eigenvalue weighted by molar-refractivity contribution is 4.60. The second kappa shape index (κ2) is 13.6. The van der Waals surface area contributed by atoms with E-state index in [1.54, 1.807) is 0 Å². The van der Waals surface area contributed by atoms with Crippen molar-refractivity contribution in [3.8, 4) is 0 Å². The first-order valence-corrected chi connectivity index (χ1v) is 9.53. The van der Waals surface area contributed by atoms with E-state index >= 15 is 0 Å². The summed E-state index contributed by atoms with van der Waals surface area (Å²) in [6.45, 7) is 11.8. The number of rotatable bonds is 14. The van der Waals surface area contributed by atoms with Gasteiger partial charge in [0.05, 0.1) is 6.61 Å². The summed E-state index contributed by atoms with van der Waals surface area (Å²) in [5, 5.41) is 10.6. The Hall–Kier alpha value is -0.0400. The van der Waals surface area contributed by atoms with E-state index in [-0.39, 0.29) is 6.61 Å². The average molecular weight is 298 g/mol. The molecule has 0 bridgehead atoms. The summed E-state index contributed by atoms with van der Waals surface area (Å²) in [5.41, 5.74) is 0. The van der Waals surface area contributed by atoms with Crippen molar-refractivity contribution in [1.82, 2.24) is 0 Å². The minimum absolute atomic E-state index is 0.103. The molecule has 0 spiro atoms. The first kappa shape index (κ1) is 21.0. The van der Waals surface area contributed by atoms with Crippen LogP contribution in [0.2, 0.25) is 0 Å². The van der Waals surface area contributed by atoms with Gasteiger partial charge in [0, 0.05) is 0 Å². The lowest BCUT2D eigenvalue weighted by Crippen LogP contribution is -2.02. The Bertz CT molecular complexity index is 212. The smallest absolute Gasteiger partial charge is 0.0824 e. The van der Waals surface area contributed by atoms with Crippen molar-refractivity contribution in [1.29, 1.82) is 0 Å². The van der Waals surface area contributed by atoms with E-state index in [1.807, 2.05) is 0 Å². The second-order valence-electron chi connectivity index (χ2n) is 7.99. The van der Waals surface area contributed by atoms with Crippen LogP contribution in [0.15, 0.2) is 0 Å². The minimum atomic E-state index is 0.103. The summed E-state index contributed by atoms with van der Waals surface area (Å²) in [6, 6.07) is 0. The summed E-state index contributed by atoms with van der Waals surface area (Å²) < 4.78 is 0. The van der Waals surface area contributed by atoms with Gasteiger partial charge in [0.2, 0.25) is 0 Å². The van der Waals surface area contributed by atoms with E-state index in [4.69, 9.17) is 0 Å². The Balaban J connectivity index is 3.45. The van der Waals surface area contributed by atoms with Gasteiger partial charge in [0.25, 0.3) is 0 Å². The van der Waals surface area contributed by atoms with Crippen molar-refractivity contribution in [3.63, 3.8) is 0 Å². The maximum atomic E-state index is 10.6. The molecule has 127 valence electrons. The van der Waals surface area contributed by atoms with Gasteiger partial charge in [-0.05, 0) is 30.1 Å². The monoisotopic (exact) mass is 297 g/mol. The predicted octanol–water partition coefficient (Wildman–Crippen LogP) is 6.88. The van der Waals surface area contributed by atoms with Gasteiger partial charge in [-0.15, -0.1) is 0 Å². The molecule has 0 aliphatic heterocycles. The lowest BCUT2D eigenvalue weighted by molar-refractivity contribution is 0.170. The van der Waals surface area contributed by atoms with E-state index in [1.165, 1.54) is 57.8 Å². The number of hydrogen-bond donors (Lipinski definition) is 0. The lowest BCUT2D eigenvalue weighted by atomic mass is 9.91. The highest BCUT2D eigenvalue weighted by atomic mass is 16.3. The van der Waals surface area contributed by atoms with Gasteiger partial charge < -0.3 is 0 Å². The van der Waals surface area contributed by atoms with Gasteiger partial charge in [0.1, 0.15) is 0 Å². The van der Waals surface area contributed by atoms with Crippen LogP contribution in [-0.2, 0) is 5.11 Å². The molecule has 0 aromatic rings. The fraction of sp³-hybridized carbons (Fsp3) is 1.00. The van der Waals surface area contributed by atoms with Gasteiger partial charge in [-0.2, -0.15) is 0 Å². The molecule has 0 saturated heterocycles. The standard InChI is InChI=1S/C20H41O/c1-17(2)9-6-10-18(3)11-7-12-19(4)13-8-14-20(5)15-16-21/h17-20H,6-16H2,1-5H3. The number of hydrogen-bond acceptors (Lipinski definition) is 0. The van der Waals surface area contributed by atoms with Gasteiger partial charge in [-0.3, -0.25) is 0 Å². The van der Waals surface area contributed by atoms with E-state index in [0.29, 0.717) is 5.92 Å². The van der Waals surface area contributed by atoms with Crippen LogP contribution in [0.25, 0.3) is 0 Å². The lowest BCUT2D eigenvalue weighted by Gasteiger charge is -2.16. The van der Waals surface area contributed by atoms with E-state index in [9.17, 15) is 5.11 Å². The van der Waals surface area contributed by atoms with Crippen molar-refractivity contribution < 1.29 is 5.11 Å². The van der Waals surface area contributed by atoms with Crippen molar-refractivity contribution in [2.45, 2.75) is 98.8 Å². The summed E-state index contributed by atoms with van der Waals surface area (Å²) in [6.07, 6.45) is 13.2. The third-order valence-electron chi connectivity index (χ3n) is 4.88. The molecular formula is C20H41O. The zero-order valence-electron chi connectivity index (χ0n) is 15.5. The largest absolute Gasteiger partial charge is 0.237 e. The zero-order valence-corrected chi connectivity index (χ0v) is 15.5. The topological polar surface area (TPSA) is 19.9 Å². The average Bonchev–Trinajstić information content (AvgIpc) is 2.38. The van der Waals surface area contributed by atoms with Crippen molar-refractivity contribution >= 4 is 0 Å². The molecule has 3 unspecified atom stereocenters. The molecule has 1 nitrogen and oxygen atoms in total. The molecule has 0 N–H and O–H groups in total. The molecule has 0 aliphatic carbocycles. The van der Waals surface area contributed by atoms with Crippen LogP contribution in [0.5, 0.6) is 0 Å². The van der Waals surface area contributed by atoms with Crippen LogP contribution in [0, 0.1) is 23.7 Å². The van der Waals surface area contributed by atoms with E-state index < -0.39 is 0 Å². The van der Waals surface area contributed by atoms with Crippen LogP contribution in [0.3, 0.4) is 0 Å².